The first-order valence-corrected chi connectivity index (χ1v) is 5.55. The standard InChI is InChI=1S/C11H18O3/c12-11(13)7-8-5-10(6-8)9-1-3-14-4-2-9/h8-10H,1-7H2,(H,12,13). The predicted molar refractivity (Wildman–Crippen MR) is 52.0 cm³/mol. The molecule has 0 radical (unpaired) electrons. The molecule has 1 N–H and O–H groups in total. The van der Waals surface area contributed by atoms with Gasteiger partial charge in [0, 0.05) is 19.6 Å². The molecule has 0 aromatic heterocycles. The smallest absolute Gasteiger partial charge is 0.303 e. The molecule has 1 saturated carbocycles. The third-order valence-corrected chi connectivity index (χ3v) is 3.67. The van der Waals surface area contributed by atoms with Crippen molar-refractivity contribution in [2.24, 2.45) is 17.8 Å². The summed E-state index contributed by atoms with van der Waals surface area (Å²) in [6.07, 6.45) is 5.02. The van der Waals surface area contributed by atoms with Crippen molar-refractivity contribution in [2.75, 3.05) is 13.2 Å². The van der Waals surface area contributed by atoms with E-state index in [9.17, 15) is 4.79 Å². The van der Waals surface area contributed by atoms with Crippen molar-refractivity contribution < 1.29 is 14.6 Å². The lowest BCUT2D eigenvalue weighted by Gasteiger charge is -2.41. The van der Waals surface area contributed by atoms with Gasteiger partial charge < -0.3 is 9.84 Å². The van der Waals surface area contributed by atoms with Crippen LogP contribution in [0.2, 0.25) is 0 Å². The maximum Gasteiger partial charge on any atom is 0.303 e. The summed E-state index contributed by atoms with van der Waals surface area (Å²) >= 11 is 0. The van der Waals surface area contributed by atoms with E-state index in [4.69, 9.17) is 9.84 Å². The molecule has 2 fully saturated rings. The molecule has 0 bridgehead atoms. The predicted octanol–water partition coefficient (Wildman–Crippen LogP) is 1.91. The van der Waals surface area contributed by atoms with Crippen LogP contribution in [0.1, 0.15) is 32.1 Å². The molecular weight excluding hydrogens is 180 g/mol. The van der Waals surface area contributed by atoms with Gasteiger partial charge in [-0.15, -0.1) is 0 Å². The van der Waals surface area contributed by atoms with Crippen LogP contribution in [0.3, 0.4) is 0 Å². The van der Waals surface area contributed by atoms with Crippen LogP contribution in [0.15, 0.2) is 0 Å². The number of rotatable bonds is 3. The Labute approximate surface area is 84.4 Å². The molecular formula is C11H18O3. The molecule has 0 unspecified atom stereocenters. The Morgan fingerprint density at radius 3 is 2.43 bits per heavy atom. The van der Waals surface area contributed by atoms with Crippen LogP contribution >= 0.6 is 0 Å². The van der Waals surface area contributed by atoms with Gasteiger partial charge in [-0.25, -0.2) is 0 Å². The highest BCUT2D eigenvalue weighted by atomic mass is 16.5. The van der Waals surface area contributed by atoms with E-state index in [-0.39, 0.29) is 0 Å². The average Bonchev–Trinajstić information content (AvgIpc) is 2.12. The summed E-state index contributed by atoms with van der Waals surface area (Å²) < 4.78 is 5.32. The van der Waals surface area contributed by atoms with Crippen molar-refractivity contribution >= 4 is 5.97 Å². The van der Waals surface area contributed by atoms with E-state index in [1.54, 1.807) is 0 Å². The van der Waals surface area contributed by atoms with Gasteiger partial charge in [-0.05, 0) is 43.4 Å². The minimum Gasteiger partial charge on any atom is -0.481 e. The Balaban J connectivity index is 1.68. The molecule has 80 valence electrons. The van der Waals surface area contributed by atoms with Gasteiger partial charge in [-0.2, -0.15) is 0 Å². The number of carbonyl (C=O) groups is 1. The highest BCUT2D eigenvalue weighted by Crippen LogP contribution is 2.43. The van der Waals surface area contributed by atoms with E-state index in [2.05, 4.69) is 0 Å². The molecule has 1 aliphatic carbocycles. The van der Waals surface area contributed by atoms with Crippen molar-refractivity contribution in [3.63, 3.8) is 0 Å². The van der Waals surface area contributed by atoms with Gasteiger partial charge in [0.15, 0.2) is 0 Å². The highest BCUT2D eigenvalue weighted by Gasteiger charge is 2.36. The van der Waals surface area contributed by atoms with Crippen LogP contribution in [0, 0.1) is 17.8 Å². The van der Waals surface area contributed by atoms with Gasteiger partial charge in [0.2, 0.25) is 0 Å². The van der Waals surface area contributed by atoms with Crippen LogP contribution in [0.5, 0.6) is 0 Å². The lowest BCUT2D eigenvalue weighted by atomic mass is 9.65. The van der Waals surface area contributed by atoms with Crippen LogP contribution in [0.25, 0.3) is 0 Å². The summed E-state index contributed by atoms with van der Waals surface area (Å²) in [5.41, 5.74) is 0. The summed E-state index contributed by atoms with van der Waals surface area (Å²) in [6.45, 7) is 1.82. The Hall–Kier alpha value is -0.570. The zero-order chi connectivity index (χ0) is 9.97. The fraction of sp³-hybridized carbons (Fsp3) is 0.909. The molecule has 0 atom stereocenters. The summed E-state index contributed by atoms with van der Waals surface area (Å²) in [5, 5.41) is 8.63. The van der Waals surface area contributed by atoms with Crippen LogP contribution in [0.4, 0.5) is 0 Å². The molecule has 0 amide bonds. The fourth-order valence-electron chi connectivity index (χ4n) is 2.77. The van der Waals surface area contributed by atoms with E-state index in [0.29, 0.717) is 12.3 Å². The van der Waals surface area contributed by atoms with Gasteiger partial charge >= 0.3 is 5.97 Å². The molecule has 0 spiro atoms. The number of carboxylic acids is 1. The minimum absolute atomic E-state index is 0.375. The van der Waals surface area contributed by atoms with Crippen LogP contribution in [-0.2, 0) is 9.53 Å². The third kappa shape index (κ3) is 2.27. The van der Waals surface area contributed by atoms with E-state index in [1.807, 2.05) is 0 Å². The van der Waals surface area contributed by atoms with Gasteiger partial charge in [-0.1, -0.05) is 0 Å². The van der Waals surface area contributed by atoms with E-state index in [0.717, 1.165) is 37.9 Å². The zero-order valence-corrected chi connectivity index (χ0v) is 8.45. The van der Waals surface area contributed by atoms with E-state index >= 15 is 0 Å². The highest BCUT2D eigenvalue weighted by molar-refractivity contribution is 5.67. The average molecular weight is 198 g/mol. The molecule has 14 heavy (non-hydrogen) atoms. The second-order valence-electron chi connectivity index (χ2n) is 4.65. The summed E-state index contributed by atoms with van der Waals surface area (Å²) in [6, 6.07) is 0. The minimum atomic E-state index is -0.638. The molecule has 1 saturated heterocycles. The molecule has 1 aliphatic heterocycles. The van der Waals surface area contributed by atoms with Gasteiger partial charge in [0.1, 0.15) is 0 Å². The quantitative estimate of drug-likeness (QED) is 0.753. The molecule has 2 rings (SSSR count). The second kappa shape index (κ2) is 4.30. The fourth-order valence-corrected chi connectivity index (χ4v) is 2.77. The number of aliphatic carboxylic acids is 1. The first-order valence-electron chi connectivity index (χ1n) is 5.55. The molecule has 0 aromatic rings. The van der Waals surface area contributed by atoms with Gasteiger partial charge in [0.25, 0.3) is 0 Å². The number of hydrogen-bond donors (Lipinski definition) is 1. The van der Waals surface area contributed by atoms with Crippen molar-refractivity contribution in [1.29, 1.82) is 0 Å². The van der Waals surface area contributed by atoms with Crippen LogP contribution in [-0.4, -0.2) is 24.3 Å². The van der Waals surface area contributed by atoms with E-state index in [1.165, 1.54) is 12.8 Å². The Bertz CT molecular complexity index is 203. The van der Waals surface area contributed by atoms with Crippen LogP contribution < -0.4 is 0 Å². The summed E-state index contributed by atoms with van der Waals surface area (Å²) in [5.74, 6) is 1.43. The SMILES string of the molecule is O=C(O)CC1CC(C2CCOCC2)C1. The molecule has 3 nitrogen and oxygen atoms in total. The molecule has 0 aromatic carbocycles. The zero-order valence-electron chi connectivity index (χ0n) is 8.45. The Morgan fingerprint density at radius 1 is 1.21 bits per heavy atom. The van der Waals surface area contributed by atoms with E-state index < -0.39 is 5.97 Å². The summed E-state index contributed by atoms with van der Waals surface area (Å²) in [7, 11) is 0. The Kier molecular flexibility index (Phi) is 3.06. The monoisotopic (exact) mass is 198 g/mol. The van der Waals surface area contributed by atoms with Gasteiger partial charge in [0.05, 0.1) is 0 Å². The maximum absolute atomic E-state index is 10.5. The van der Waals surface area contributed by atoms with Crippen molar-refractivity contribution in [3.05, 3.63) is 0 Å². The lowest BCUT2D eigenvalue weighted by molar-refractivity contribution is -0.139. The number of hydrogen-bond acceptors (Lipinski definition) is 2. The molecule has 2 aliphatic rings. The third-order valence-electron chi connectivity index (χ3n) is 3.67. The Morgan fingerprint density at radius 2 is 1.86 bits per heavy atom. The second-order valence-corrected chi connectivity index (χ2v) is 4.65. The number of carboxylic acid groups (broad SMARTS) is 1. The first-order chi connectivity index (χ1) is 6.75. The van der Waals surface area contributed by atoms with Gasteiger partial charge in [-0.3, -0.25) is 4.79 Å². The number of ether oxygens (including phenoxy) is 1. The topological polar surface area (TPSA) is 46.5 Å². The lowest BCUT2D eigenvalue weighted by Crippen LogP contribution is -2.34. The largest absolute Gasteiger partial charge is 0.481 e. The molecule has 3 heteroatoms. The maximum atomic E-state index is 10.5. The molecule has 1 heterocycles. The normalized spacial score (nSPS) is 33.7. The van der Waals surface area contributed by atoms with Crippen molar-refractivity contribution in [2.45, 2.75) is 32.1 Å². The van der Waals surface area contributed by atoms with Crippen molar-refractivity contribution in [3.8, 4) is 0 Å². The summed E-state index contributed by atoms with van der Waals surface area (Å²) in [4.78, 5) is 10.5. The first kappa shape index (κ1) is 9.97. The van der Waals surface area contributed by atoms with Crippen molar-refractivity contribution in [1.82, 2.24) is 0 Å².